The number of halogens is 1. The van der Waals surface area contributed by atoms with Gasteiger partial charge in [0.05, 0.1) is 5.69 Å². The summed E-state index contributed by atoms with van der Waals surface area (Å²) in [6.07, 6.45) is 6.54. The number of carbonyl (C=O) groups excluding carboxylic acids is 2. The average Bonchev–Trinajstić information content (AvgIpc) is 3.42. The van der Waals surface area contributed by atoms with Crippen LogP contribution in [0.3, 0.4) is 0 Å². The quantitative estimate of drug-likeness (QED) is 0.310. The van der Waals surface area contributed by atoms with E-state index in [1.807, 2.05) is 18.2 Å². The summed E-state index contributed by atoms with van der Waals surface area (Å²) in [4.78, 5) is 47.8. The number of nitrogens with one attached hydrogen (secondary N) is 1. The summed E-state index contributed by atoms with van der Waals surface area (Å²) < 4.78 is 24.5. The lowest BCUT2D eigenvalue weighted by atomic mass is 9.97. The molecule has 0 saturated carbocycles. The second-order valence-electron chi connectivity index (χ2n) is 12.5. The molecule has 11 heteroatoms. The lowest BCUT2D eigenvalue weighted by molar-refractivity contribution is -0.142. The summed E-state index contributed by atoms with van der Waals surface area (Å²) in [6.45, 7) is 3.80. The number of benzene rings is 1. The number of aryl methyl sites for hydroxylation is 2. The van der Waals surface area contributed by atoms with Crippen LogP contribution in [0, 0.1) is 5.82 Å². The summed E-state index contributed by atoms with van der Waals surface area (Å²) >= 11 is 0. The van der Waals surface area contributed by atoms with Crippen LogP contribution in [-0.2, 0) is 55.5 Å². The highest BCUT2D eigenvalue weighted by Crippen LogP contribution is 2.37. The number of amides is 1. The molecule has 46 heavy (non-hydrogen) atoms. The highest BCUT2D eigenvalue weighted by atomic mass is 19.1. The number of rotatable bonds is 6. The molecular weight excluding hydrogens is 587 g/mol. The maximum atomic E-state index is 15.5. The smallest absolute Gasteiger partial charge is 0.302 e. The van der Waals surface area contributed by atoms with Crippen LogP contribution in [0.5, 0.6) is 0 Å². The second kappa shape index (κ2) is 11.9. The first-order valence-corrected chi connectivity index (χ1v) is 15.8. The van der Waals surface area contributed by atoms with Crippen molar-refractivity contribution in [2.75, 3.05) is 30.4 Å². The molecule has 10 nitrogen and oxygen atoms in total. The van der Waals surface area contributed by atoms with E-state index < -0.39 is 11.8 Å². The Bertz CT molecular complexity index is 1950. The molecule has 0 radical (unpaired) electrons. The van der Waals surface area contributed by atoms with Crippen LogP contribution in [0.2, 0.25) is 0 Å². The van der Waals surface area contributed by atoms with Crippen molar-refractivity contribution in [2.45, 2.75) is 58.7 Å². The van der Waals surface area contributed by atoms with Crippen molar-refractivity contribution in [3.63, 3.8) is 0 Å². The Kier molecular flexibility index (Phi) is 7.72. The molecule has 1 N–H and O–H groups in total. The van der Waals surface area contributed by atoms with Crippen molar-refractivity contribution in [2.24, 2.45) is 7.05 Å². The molecular formula is C35H37FN6O4. The van der Waals surface area contributed by atoms with Crippen LogP contribution >= 0.6 is 0 Å². The monoisotopic (exact) mass is 624 g/mol. The van der Waals surface area contributed by atoms with Gasteiger partial charge in [-0.3, -0.25) is 14.4 Å². The van der Waals surface area contributed by atoms with Gasteiger partial charge in [-0.05, 0) is 79.8 Å². The van der Waals surface area contributed by atoms with E-state index in [0.717, 1.165) is 56.5 Å². The van der Waals surface area contributed by atoms with E-state index in [-0.39, 0.29) is 23.8 Å². The zero-order valence-electron chi connectivity index (χ0n) is 26.4. The molecule has 0 unspecified atom stereocenters. The van der Waals surface area contributed by atoms with Gasteiger partial charge in [-0.15, -0.1) is 0 Å². The Balaban J connectivity index is 1.29. The zero-order valence-corrected chi connectivity index (χ0v) is 26.4. The summed E-state index contributed by atoms with van der Waals surface area (Å²) in [6, 6.07) is 10.2. The lowest BCUT2D eigenvalue weighted by Gasteiger charge is -2.32. The standard InChI is InChI=1S/C35H37FN6O4/c1-21(43)46-20-27-26(16-25(36)17-31(27)42-13-12-41-30-7-5-4-6-22(30)15-32(41)35(42)45)24-14-29(34(44)40(3)19-24)38-33-9-8-23-18-39(2)11-10-28(23)37-33/h8-9,14-17,19H,4-7,10-13,18,20H2,1-3H3,(H,37,38). The van der Waals surface area contributed by atoms with Crippen LogP contribution < -0.4 is 15.8 Å². The molecule has 1 amide bonds. The first kappa shape index (κ1) is 29.9. The van der Waals surface area contributed by atoms with Gasteiger partial charge >= 0.3 is 5.97 Å². The number of pyridine rings is 2. The summed E-state index contributed by atoms with van der Waals surface area (Å²) in [5, 5.41) is 3.18. The molecule has 4 aromatic rings. The van der Waals surface area contributed by atoms with Crippen molar-refractivity contribution in [1.82, 2.24) is 19.0 Å². The van der Waals surface area contributed by atoms with Gasteiger partial charge in [0.1, 0.15) is 29.6 Å². The SMILES string of the molecule is CC(=O)OCc1c(-c2cc(Nc3ccc4c(n3)CCN(C)C4)c(=O)n(C)c2)cc(F)cc1N1CCn2c(cc3c2CCCC3)C1=O. The zero-order chi connectivity index (χ0) is 32.1. The minimum Gasteiger partial charge on any atom is -0.461 e. The van der Waals surface area contributed by atoms with Crippen molar-refractivity contribution in [3.8, 4) is 11.1 Å². The molecule has 1 aromatic carbocycles. The number of nitrogens with zero attached hydrogens (tertiary/aromatic N) is 5. The van der Waals surface area contributed by atoms with Crippen molar-refractivity contribution >= 4 is 29.1 Å². The van der Waals surface area contributed by atoms with E-state index in [0.29, 0.717) is 47.0 Å². The first-order chi connectivity index (χ1) is 22.2. The minimum atomic E-state index is -0.547. The van der Waals surface area contributed by atoms with Crippen LogP contribution in [0.4, 0.5) is 21.6 Å². The predicted molar refractivity (Wildman–Crippen MR) is 173 cm³/mol. The molecule has 5 heterocycles. The van der Waals surface area contributed by atoms with E-state index in [1.54, 1.807) is 24.2 Å². The van der Waals surface area contributed by atoms with Gasteiger partial charge in [-0.1, -0.05) is 6.07 Å². The number of esters is 1. The number of hydrogen-bond acceptors (Lipinski definition) is 7. The summed E-state index contributed by atoms with van der Waals surface area (Å²) in [7, 11) is 3.70. The third-order valence-electron chi connectivity index (χ3n) is 9.32. The Labute approximate surface area is 266 Å². The molecule has 0 saturated heterocycles. The molecule has 3 aromatic heterocycles. The number of anilines is 3. The van der Waals surface area contributed by atoms with Gasteiger partial charge in [-0.2, -0.15) is 0 Å². The number of fused-ring (bicyclic) bond motifs is 4. The Morgan fingerprint density at radius 1 is 1.00 bits per heavy atom. The number of hydrogen-bond donors (Lipinski definition) is 1. The van der Waals surface area contributed by atoms with Crippen LogP contribution in [-0.4, -0.2) is 51.0 Å². The number of carbonyl (C=O) groups is 2. The molecule has 0 bridgehead atoms. The van der Waals surface area contributed by atoms with Gasteiger partial charge in [0.15, 0.2) is 0 Å². The molecule has 0 spiro atoms. The fraction of sp³-hybridized carbons (Fsp3) is 0.371. The summed E-state index contributed by atoms with van der Waals surface area (Å²) in [5.74, 6) is -0.717. The van der Waals surface area contributed by atoms with E-state index >= 15 is 4.39 Å². The van der Waals surface area contributed by atoms with E-state index in [4.69, 9.17) is 9.72 Å². The third kappa shape index (κ3) is 5.49. The second-order valence-corrected chi connectivity index (χ2v) is 12.5. The molecule has 0 fully saturated rings. The maximum Gasteiger partial charge on any atom is 0.302 e. The largest absolute Gasteiger partial charge is 0.461 e. The van der Waals surface area contributed by atoms with Gasteiger partial charge in [0.2, 0.25) is 0 Å². The van der Waals surface area contributed by atoms with Gasteiger partial charge < -0.3 is 29.0 Å². The minimum absolute atomic E-state index is 0.173. The van der Waals surface area contributed by atoms with E-state index in [9.17, 15) is 14.4 Å². The van der Waals surface area contributed by atoms with Crippen LogP contribution in [0.25, 0.3) is 11.1 Å². The Morgan fingerprint density at radius 3 is 2.65 bits per heavy atom. The summed E-state index contributed by atoms with van der Waals surface area (Å²) in [5.41, 5.74) is 6.93. The lowest BCUT2D eigenvalue weighted by Crippen LogP contribution is -2.41. The van der Waals surface area contributed by atoms with Crippen molar-refractivity contribution in [3.05, 3.63) is 92.5 Å². The predicted octanol–water partition coefficient (Wildman–Crippen LogP) is 4.72. The van der Waals surface area contributed by atoms with Crippen LogP contribution in [0.1, 0.15) is 58.3 Å². The van der Waals surface area contributed by atoms with E-state index in [2.05, 4.69) is 21.8 Å². The Hall–Kier alpha value is -4.77. The van der Waals surface area contributed by atoms with Crippen molar-refractivity contribution in [1.29, 1.82) is 0 Å². The topological polar surface area (TPSA) is 102 Å². The fourth-order valence-corrected chi connectivity index (χ4v) is 7.03. The highest BCUT2D eigenvalue weighted by molar-refractivity contribution is 6.07. The molecule has 238 valence electrons. The highest BCUT2D eigenvalue weighted by Gasteiger charge is 2.32. The molecule has 1 aliphatic carbocycles. The van der Waals surface area contributed by atoms with Crippen LogP contribution in [0.15, 0.2) is 47.4 Å². The van der Waals surface area contributed by atoms with Gasteiger partial charge in [0.25, 0.3) is 11.5 Å². The van der Waals surface area contributed by atoms with E-state index in [1.165, 1.54) is 34.9 Å². The molecule has 7 rings (SSSR count). The van der Waals surface area contributed by atoms with Gasteiger partial charge in [0, 0.05) is 75.3 Å². The molecule has 3 aliphatic rings. The average molecular weight is 625 g/mol. The van der Waals surface area contributed by atoms with Gasteiger partial charge in [-0.25, -0.2) is 9.37 Å². The third-order valence-corrected chi connectivity index (χ3v) is 9.32. The number of likely N-dealkylation sites (N-methyl/N-ethyl adjacent to an activating group) is 1. The number of aromatic nitrogens is 3. The first-order valence-electron chi connectivity index (χ1n) is 15.8. The maximum absolute atomic E-state index is 15.5. The molecule has 0 atom stereocenters. The fourth-order valence-electron chi connectivity index (χ4n) is 7.03. The Morgan fingerprint density at radius 2 is 1.83 bits per heavy atom. The van der Waals surface area contributed by atoms with Crippen molar-refractivity contribution < 1.29 is 18.7 Å². The number of ether oxygens (including phenoxy) is 1. The molecule has 2 aliphatic heterocycles. The normalized spacial score (nSPS) is 16.1.